The average molecular weight is 1000 g/mol. The van der Waals surface area contributed by atoms with Crippen molar-refractivity contribution in [3.63, 3.8) is 0 Å². The summed E-state index contributed by atoms with van der Waals surface area (Å²) in [5.41, 5.74) is -3.85. The van der Waals surface area contributed by atoms with E-state index < -0.39 is 66.2 Å². The van der Waals surface area contributed by atoms with Crippen LogP contribution in [0.2, 0.25) is 29.9 Å². The Hall–Kier alpha value is -1.21. The first-order chi connectivity index (χ1) is 28.1. The third-order valence-corrected chi connectivity index (χ3v) is 33.5. The molecule has 2 rings (SSSR count). The molecule has 0 bridgehead atoms. The van der Waals surface area contributed by atoms with E-state index in [-0.39, 0.29) is 47.6 Å². The molecule has 1 saturated heterocycles. The number of hydrogen-bond donors (Lipinski definition) is 0. The molecule has 60 heavy (non-hydrogen) atoms. The van der Waals surface area contributed by atoms with Gasteiger partial charge in [0.05, 0.1) is 6.42 Å². The van der Waals surface area contributed by atoms with Crippen LogP contribution in [0.25, 0.3) is 0 Å². The Bertz CT molecular complexity index is 1560. The number of rotatable bonds is 28. The van der Waals surface area contributed by atoms with Crippen LogP contribution in [0.1, 0.15) is 133 Å². The molecule has 5 atom stereocenters. The molecular weight excluding hydrogens is 922 g/mol. The van der Waals surface area contributed by atoms with Gasteiger partial charge in [-0.25, -0.2) is 0 Å². The zero-order valence-electron chi connectivity index (χ0n) is 38.9. The molecule has 1 aliphatic rings. The molecule has 1 aromatic rings. The number of methoxy groups -OCH3 is 3. The van der Waals surface area contributed by atoms with Crippen LogP contribution >= 0.6 is 0 Å². The molecule has 2 heterocycles. The van der Waals surface area contributed by atoms with Crippen molar-refractivity contribution in [2.24, 2.45) is 0 Å². The molecular formula is C44H78F3NO9SSiSn. The summed E-state index contributed by atoms with van der Waals surface area (Å²) in [7, 11) is -3.63. The van der Waals surface area contributed by atoms with Crippen molar-refractivity contribution in [1.82, 2.24) is 4.98 Å². The van der Waals surface area contributed by atoms with Crippen LogP contribution in [0.15, 0.2) is 44.6 Å². The van der Waals surface area contributed by atoms with E-state index in [4.69, 9.17) is 27.8 Å². The fraction of sp³-hybridized carbons (Fsp3) is 0.795. The molecule has 1 fully saturated rings. The van der Waals surface area contributed by atoms with Crippen molar-refractivity contribution in [3.05, 3.63) is 46.1 Å². The standard InChI is InChI=1S/C32H51F3NO9SSi.3C4H9.Sn/c1-12-13-25(39-9)15-14-24(8)16-28(45-47(21(2)3,22(4)5)23(6)7)27-17-26(40-10)18-31(41-11,43-27)19-29-36-30(20-42-29)44-46(37,38)32(33,34)35;3*1-3-4-2;/h1,12,14-16,20-23,25-28H,13,17-19H2,2-11H3;3*1,3-4H2,2H3;/b12-1?,15-14+,24-16+;;;;/t25-,26-,27-,28-,31+;;;;/m1..../s1. The molecule has 0 unspecified atom stereocenters. The normalized spacial score (nSPS) is 21.3. The van der Waals surface area contributed by atoms with Crippen LogP contribution in [0.5, 0.6) is 5.88 Å². The van der Waals surface area contributed by atoms with E-state index in [1.165, 1.54) is 58.9 Å². The van der Waals surface area contributed by atoms with Crippen molar-refractivity contribution in [3.8, 4) is 5.88 Å². The predicted octanol–water partition coefficient (Wildman–Crippen LogP) is 12.4. The van der Waals surface area contributed by atoms with E-state index in [2.05, 4.69) is 99.9 Å². The number of ether oxygens (including phenoxy) is 4. The van der Waals surface area contributed by atoms with Crippen LogP contribution in [0.3, 0.4) is 0 Å². The first kappa shape index (κ1) is 54.9. The second-order valence-electron chi connectivity index (χ2n) is 17.6. The number of halogens is 3. The topological polar surface area (TPSA) is 116 Å². The van der Waals surface area contributed by atoms with E-state index in [1.807, 2.05) is 6.92 Å². The Balaban J connectivity index is 2.55. The van der Waals surface area contributed by atoms with Gasteiger partial charge in [0.15, 0.2) is 6.26 Å². The summed E-state index contributed by atoms with van der Waals surface area (Å²) in [6, 6.07) is 0. The number of alkyl halides is 3. The first-order valence-electron chi connectivity index (χ1n) is 22.1. The van der Waals surface area contributed by atoms with Gasteiger partial charge in [-0.3, -0.25) is 0 Å². The average Bonchev–Trinajstić information content (AvgIpc) is 3.61. The van der Waals surface area contributed by atoms with Crippen LogP contribution in [-0.4, -0.2) is 97.1 Å². The van der Waals surface area contributed by atoms with E-state index in [9.17, 15) is 21.6 Å². The SMILES string of the molecule is CCC[CH2][Sn](/[CH]=C/C[C@H](/C=C/C(C)=C/[C@@H](O[Si](C(C)C)(C(C)C)C(C)C)[C@H]1C[C@@H](OC)C[C@](Cc2nc(OS(=O)(=O)C(F)(F)F)co2)(OC)O1)OC)([CH2]CCC)[CH2]CCC. The van der Waals surface area contributed by atoms with Gasteiger partial charge < -0.3 is 18.1 Å². The van der Waals surface area contributed by atoms with E-state index in [0.29, 0.717) is 12.7 Å². The quantitative estimate of drug-likeness (QED) is 0.0348. The Morgan fingerprint density at radius 2 is 1.55 bits per heavy atom. The Kier molecular flexibility index (Phi) is 23.2. The number of hydrogen-bond acceptors (Lipinski definition) is 10. The Labute approximate surface area is 365 Å². The number of oxazole rings is 1. The minimum atomic E-state index is -5.95. The van der Waals surface area contributed by atoms with E-state index in [1.54, 1.807) is 14.2 Å². The Morgan fingerprint density at radius 3 is 2.02 bits per heavy atom. The fourth-order valence-electron chi connectivity index (χ4n) is 8.92. The summed E-state index contributed by atoms with van der Waals surface area (Å²) < 4.78 is 111. The van der Waals surface area contributed by atoms with E-state index >= 15 is 0 Å². The van der Waals surface area contributed by atoms with Gasteiger partial charge in [-0.15, -0.1) is 0 Å². The molecule has 0 aliphatic carbocycles. The summed E-state index contributed by atoms with van der Waals surface area (Å²) in [5.74, 6) is -2.40. The molecule has 16 heteroatoms. The van der Waals surface area contributed by atoms with Crippen LogP contribution in [-0.2, 0) is 39.9 Å². The van der Waals surface area contributed by atoms with Gasteiger partial charge >= 0.3 is 236 Å². The van der Waals surface area contributed by atoms with Gasteiger partial charge in [0.2, 0.25) is 5.89 Å². The van der Waals surface area contributed by atoms with Gasteiger partial charge in [-0.2, -0.15) is 26.6 Å². The van der Waals surface area contributed by atoms with E-state index in [0.717, 1.165) is 12.0 Å². The maximum atomic E-state index is 13.0. The van der Waals surface area contributed by atoms with Crippen LogP contribution in [0.4, 0.5) is 13.2 Å². The van der Waals surface area contributed by atoms with Crippen molar-refractivity contribution in [2.45, 2.75) is 199 Å². The molecule has 0 amide bonds. The maximum absolute atomic E-state index is 13.0. The van der Waals surface area contributed by atoms with Crippen molar-refractivity contribution >= 4 is 36.8 Å². The molecule has 10 nitrogen and oxygen atoms in total. The monoisotopic (exact) mass is 1000 g/mol. The molecule has 1 aliphatic heterocycles. The molecule has 0 saturated carbocycles. The molecule has 1 aromatic heterocycles. The first-order valence-corrected chi connectivity index (χ1v) is 33.3. The second-order valence-corrected chi connectivity index (χ2v) is 37.5. The van der Waals surface area contributed by atoms with Crippen molar-refractivity contribution in [1.29, 1.82) is 0 Å². The molecule has 0 radical (unpaired) electrons. The number of unbranched alkanes of at least 4 members (excludes halogenated alkanes) is 3. The second kappa shape index (κ2) is 25.3. The molecule has 0 N–H and O–H groups in total. The zero-order chi connectivity index (χ0) is 45.4. The summed E-state index contributed by atoms with van der Waals surface area (Å²) in [5, 5.41) is 0. The zero-order valence-corrected chi connectivity index (χ0v) is 43.5. The number of allylic oxidation sites excluding steroid dienone is 2. The summed E-state index contributed by atoms with van der Waals surface area (Å²) in [4.78, 5) is 3.89. The summed E-state index contributed by atoms with van der Waals surface area (Å²) in [6.07, 6.45) is 16.9. The predicted molar refractivity (Wildman–Crippen MR) is 239 cm³/mol. The van der Waals surface area contributed by atoms with Gasteiger partial charge in [0.25, 0.3) is 5.88 Å². The fourth-order valence-corrected chi connectivity index (χ4v) is 29.3. The van der Waals surface area contributed by atoms with Gasteiger partial charge in [0.1, 0.15) is 0 Å². The summed E-state index contributed by atoms with van der Waals surface area (Å²) in [6.45, 7) is 22.3. The van der Waals surface area contributed by atoms with Crippen molar-refractivity contribution < 1.29 is 53.6 Å². The minimum absolute atomic E-state index is 0.0994. The van der Waals surface area contributed by atoms with Gasteiger partial charge in [0, 0.05) is 20.6 Å². The molecule has 0 spiro atoms. The number of aromatic nitrogens is 1. The third kappa shape index (κ3) is 15.8. The van der Waals surface area contributed by atoms with Gasteiger partial charge in [-0.05, 0) is 0 Å². The van der Waals surface area contributed by atoms with Gasteiger partial charge in [-0.1, -0.05) is 41.5 Å². The number of nitrogens with zero attached hydrogens (tertiary/aromatic N) is 1. The molecule has 348 valence electrons. The van der Waals surface area contributed by atoms with Crippen LogP contribution < -0.4 is 4.18 Å². The summed E-state index contributed by atoms with van der Waals surface area (Å²) >= 11 is -2.44. The Morgan fingerprint density at radius 1 is 0.983 bits per heavy atom. The third-order valence-electron chi connectivity index (χ3n) is 12.2. The molecule has 0 aromatic carbocycles. The van der Waals surface area contributed by atoms with Crippen LogP contribution in [0, 0.1) is 0 Å². The van der Waals surface area contributed by atoms with Crippen molar-refractivity contribution in [2.75, 3.05) is 21.3 Å².